The standard InChI is InChI=1S/C17H18N2O3S/c20-17(13-7-3-1-4-8-13)19-16-12-23(21,22)11-15(16)18-14-9-5-2-6-10-14/h1-10,15-16,18H,11-12H2,(H,19,20)/t15-,16-/m1/s1. The molecule has 1 fully saturated rings. The third-order valence-electron chi connectivity index (χ3n) is 3.83. The molecular weight excluding hydrogens is 312 g/mol. The van der Waals surface area contributed by atoms with Crippen LogP contribution in [0.15, 0.2) is 60.7 Å². The second-order valence-electron chi connectivity index (χ2n) is 5.64. The molecule has 0 aliphatic carbocycles. The van der Waals surface area contributed by atoms with Crippen molar-refractivity contribution in [2.45, 2.75) is 12.1 Å². The lowest BCUT2D eigenvalue weighted by Crippen LogP contribution is -2.46. The number of rotatable bonds is 4. The molecule has 2 aromatic carbocycles. The van der Waals surface area contributed by atoms with Gasteiger partial charge in [0.25, 0.3) is 5.91 Å². The van der Waals surface area contributed by atoms with E-state index >= 15 is 0 Å². The topological polar surface area (TPSA) is 75.3 Å². The Morgan fingerprint density at radius 2 is 1.43 bits per heavy atom. The molecule has 2 N–H and O–H groups in total. The Morgan fingerprint density at radius 1 is 0.870 bits per heavy atom. The summed E-state index contributed by atoms with van der Waals surface area (Å²) in [5, 5.41) is 6.05. The highest BCUT2D eigenvalue weighted by molar-refractivity contribution is 7.91. The molecule has 1 aliphatic rings. The number of carbonyl (C=O) groups excluding carboxylic acids is 1. The Kier molecular flexibility index (Phi) is 4.34. The third kappa shape index (κ3) is 3.90. The Bertz CT molecular complexity index is 776. The quantitative estimate of drug-likeness (QED) is 0.895. The number of benzene rings is 2. The molecule has 5 nitrogen and oxygen atoms in total. The van der Waals surface area contributed by atoms with Crippen LogP contribution in [0.5, 0.6) is 0 Å². The number of amides is 1. The van der Waals surface area contributed by atoms with Crippen molar-refractivity contribution in [3.05, 3.63) is 66.2 Å². The van der Waals surface area contributed by atoms with Crippen LogP contribution in [0.25, 0.3) is 0 Å². The first kappa shape index (κ1) is 15.6. The van der Waals surface area contributed by atoms with E-state index in [1.165, 1.54) is 0 Å². The van der Waals surface area contributed by atoms with Gasteiger partial charge in [0.1, 0.15) is 0 Å². The van der Waals surface area contributed by atoms with E-state index in [-0.39, 0.29) is 23.5 Å². The minimum Gasteiger partial charge on any atom is -0.379 e. The maximum atomic E-state index is 12.3. The van der Waals surface area contributed by atoms with Crippen molar-refractivity contribution in [1.82, 2.24) is 5.32 Å². The van der Waals surface area contributed by atoms with Gasteiger partial charge in [-0.3, -0.25) is 4.79 Å². The summed E-state index contributed by atoms with van der Waals surface area (Å²) in [6, 6.07) is 17.4. The SMILES string of the molecule is O=C(N[C@@H]1CS(=O)(=O)C[C@H]1Nc1ccccc1)c1ccccc1. The first-order chi connectivity index (χ1) is 11.0. The lowest BCUT2D eigenvalue weighted by Gasteiger charge is -2.21. The minimum atomic E-state index is -3.17. The van der Waals surface area contributed by atoms with E-state index in [1.54, 1.807) is 24.3 Å². The lowest BCUT2D eigenvalue weighted by molar-refractivity contribution is 0.0939. The molecule has 0 spiro atoms. The average molecular weight is 330 g/mol. The van der Waals surface area contributed by atoms with Gasteiger partial charge in [-0.2, -0.15) is 0 Å². The van der Waals surface area contributed by atoms with Gasteiger partial charge >= 0.3 is 0 Å². The van der Waals surface area contributed by atoms with E-state index < -0.39 is 15.9 Å². The fourth-order valence-electron chi connectivity index (χ4n) is 2.72. The first-order valence-corrected chi connectivity index (χ1v) is 9.23. The van der Waals surface area contributed by atoms with Crippen molar-refractivity contribution < 1.29 is 13.2 Å². The molecule has 23 heavy (non-hydrogen) atoms. The molecule has 0 saturated carbocycles. The largest absolute Gasteiger partial charge is 0.379 e. The molecule has 1 heterocycles. The molecule has 1 amide bonds. The summed E-state index contributed by atoms with van der Waals surface area (Å²) in [4.78, 5) is 12.3. The first-order valence-electron chi connectivity index (χ1n) is 7.41. The smallest absolute Gasteiger partial charge is 0.251 e. The van der Waals surface area contributed by atoms with Gasteiger partial charge in [-0.15, -0.1) is 0 Å². The van der Waals surface area contributed by atoms with Crippen LogP contribution < -0.4 is 10.6 Å². The molecule has 1 aliphatic heterocycles. The molecule has 6 heteroatoms. The highest BCUT2D eigenvalue weighted by Crippen LogP contribution is 2.18. The van der Waals surface area contributed by atoms with Crippen LogP contribution in [-0.4, -0.2) is 37.9 Å². The summed E-state index contributed by atoms with van der Waals surface area (Å²) >= 11 is 0. The number of carbonyl (C=O) groups is 1. The summed E-state index contributed by atoms with van der Waals surface area (Å²) in [6.45, 7) is 0. The van der Waals surface area contributed by atoms with Crippen LogP contribution in [0.1, 0.15) is 10.4 Å². The number of hydrogen-bond acceptors (Lipinski definition) is 4. The van der Waals surface area contributed by atoms with Gasteiger partial charge < -0.3 is 10.6 Å². The van der Waals surface area contributed by atoms with Gasteiger partial charge in [0, 0.05) is 11.3 Å². The Hall–Kier alpha value is -2.34. The molecular formula is C17H18N2O3S. The molecule has 3 rings (SSSR count). The van der Waals surface area contributed by atoms with E-state index in [0.29, 0.717) is 5.56 Å². The van der Waals surface area contributed by atoms with Gasteiger partial charge in [0.15, 0.2) is 9.84 Å². The number of anilines is 1. The molecule has 2 atom stereocenters. The fraction of sp³-hybridized carbons (Fsp3) is 0.235. The molecule has 2 aromatic rings. The van der Waals surface area contributed by atoms with Crippen molar-refractivity contribution in [3.8, 4) is 0 Å². The zero-order valence-corrected chi connectivity index (χ0v) is 13.3. The van der Waals surface area contributed by atoms with E-state index in [0.717, 1.165) is 5.69 Å². The third-order valence-corrected chi connectivity index (χ3v) is 5.56. The maximum Gasteiger partial charge on any atom is 0.251 e. The van der Waals surface area contributed by atoms with Crippen molar-refractivity contribution in [2.24, 2.45) is 0 Å². The monoisotopic (exact) mass is 330 g/mol. The van der Waals surface area contributed by atoms with E-state index in [9.17, 15) is 13.2 Å². The summed E-state index contributed by atoms with van der Waals surface area (Å²) in [5.74, 6) is -0.287. The van der Waals surface area contributed by atoms with Crippen molar-refractivity contribution in [1.29, 1.82) is 0 Å². The summed E-state index contributed by atoms with van der Waals surface area (Å²) < 4.78 is 23.9. The Labute approximate surface area is 135 Å². The van der Waals surface area contributed by atoms with Crippen LogP contribution in [-0.2, 0) is 9.84 Å². The number of nitrogens with one attached hydrogen (secondary N) is 2. The second-order valence-corrected chi connectivity index (χ2v) is 7.79. The zero-order valence-electron chi connectivity index (χ0n) is 12.5. The van der Waals surface area contributed by atoms with Crippen molar-refractivity contribution in [3.63, 3.8) is 0 Å². The van der Waals surface area contributed by atoms with Crippen LogP contribution in [0.4, 0.5) is 5.69 Å². The number of sulfone groups is 1. The van der Waals surface area contributed by atoms with E-state index in [2.05, 4.69) is 10.6 Å². The summed E-state index contributed by atoms with van der Waals surface area (Å²) in [7, 11) is -3.17. The van der Waals surface area contributed by atoms with E-state index in [4.69, 9.17) is 0 Å². The van der Waals surface area contributed by atoms with Crippen molar-refractivity contribution in [2.75, 3.05) is 16.8 Å². The Morgan fingerprint density at radius 3 is 2.09 bits per heavy atom. The highest BCUT2D eigenvalue weighted by atomic mass is 32.2. The zero-order chi connectivity index (χ0) is 16.3. The Balaban J connectivity index is 1.74. The summed E-state index contributed by atoms with van der Waals surface area (Å²) in [5.41, 5.74) is 1.36. The molecule has 0 radical (unpaired) electrons. The van der Waals surface area contributed by atoms with Gasteiger partial charge in [-0.1, -0.05) is 36.4 Å². The van der Waals surface area contributed by atoms with E-state index in [1.807, 2.05) is 36.4 Å². The molecule has 0 bridgehead atoms. The predicted molar refractivity (Wildman–Crippen MR) is 90.2 cm³/mol. The van der Waals surface area contributed by atoms with Crippen molar-refractivity contribution >= 4 is 21.4 Å². The lowest BCUT2D eigenvalue weighted by atomic mass is 10.1. The molecule has 0 aromatic heterocycles. The van der Waals surface area contributed by atoms with Crippen LogP contribution in [0.3, 0.4) is 0 Å². The van der Waals surface area contributed by atoms with Gasteiger partial charge in [0.2, 0.25) is 0 Å². The normalized spacial score (nSPS) is 22.4. The maximum absolute atomic E-state index is 12.3. The highest BCUT2D eigenvalue weighted by Gasteiger charge is 2.38. The second kappa shape index (κ2) is 6.42. The number of para-hydroxylation sites is 1. The molecule has 1 saturated heterocycles. The van der Waals surface area contributed by atoms with Crippen LogP contribution in [0, 0.1) is 0 Å². The summed E-state index contributed by atoms with van der Waals surface area (Å²) in [6.07, 6.45) is 0. The van der Waals surface area contributed by atoms with Crippen LogP contribution >= 0.6 is 0 Å². The molecule has 120 valence electrons. The van der Waals surface area contributed by atoms with Gasteiger partial charge in [-0.05, 0) is 24.3 Å². The fourth-order valence-corrected chi connectivity index (χ4v) is 4.58. The van der Waals surface area contributed by atoms with Crippen LogP contribution in [0.2, 0.25) is 0 Å². The van der Waals surface area contributed by atoms with Gasteiger partial charge in [0.05, 0.1) is 23.6 Å². The average Bonchev–Trinajstić information content (AvgIpc) is 2.82. The molecule has 0 unspecified atom stereocenters. The predicted octanol–water partition coefficient (Wildman–Crippen LogP) is 1.69. The van der Waals surface area contributed by atoms with Gasteiger partial charge in [-0.25, -0.2) is 8.42 Å². The number of hydrogen-bond donors (Lipinski definition) is 2. The minimum absolute atomic E-state index is 0.0155.